The molecule has 0 aromatic heterocycles. The van der Waals surface area contributed by atoms with Gasteiger partial charge >= 0.3 is 0 Å². The summed E-state index contributed by atoms with van der Waals surface area (Å²) in [6.07, 6.45) is 5.66. The molecule has 0 aliphatic rings. The quantitative estimate of drug-likeness (QED) is 0.362. The second-order valence-corrected chi connectivity index (χ2v) is 5.09. The normalized spacial score (nSPS) is 12.6. The minimum absolute atomic E-state index is 0.00799. The third kappa shape index (κ3) is 5.44. The summed E-state index contributed by atoms with van der Waals surface area (Å²) in [5.74, 6) is 0.146. The summed E-state index contributed by atoms with van der Waals surface area (Å²) in [5, 5.41) is -0.399. The molecule has 22 heavy (non-hydrogen) atoms. The third-order valence-electron chi connectivity index (χ3n) is 2.36. The number of benzene rings is 1. The SMILES string of the molecule is CC=COC(COc1c(Cl)ccc(C(=O)Cl)c1Cl)OC=CC. The molecular formula is C15H15Cl3O4. The van der Waals surface area contributed by atoms with Gasteiger partial charge in [-0.2, -0.15) is 0 Å². The number of hydrogen-bond donors (Lipinski definition) is 0. The molecule has 0 heterocycles. The molecule has 0 unspecified atom stereocenters. The fourth-order valence-corrected chi connectivity index (χ4v) is 2.18. The fourth-order valence-electron chi connectivity index (χ4n) is 1.41. The van der Waals surface area contributed by atoms with Gasteiger partial charge in [-0.05, 0) is 37.6 Å². The lowest BCUT2D eigenvalue weighted by atomic mass is 10.2. The van der Waals surface area contributed by atoms with E-state index in [1.165, 1.54) is 24.7 Å². The van der Waals surface area contributed by atoms with Crippen LogP contribution in [0.5, 0.6) is 5.75 Å². The van der Waals surface area contributed by atoms with Crippen LogP contribution in [0.2, 0.25) is 10.0 Å². The van der Waals surface area contributed by atoms with E-state index >= 15 is 0 Å². The minimum Gasteiger partial charge on any atom is -0.483 e. The van der Waals surface area contributed by atoms with Gasteiger partial charge in [-0.1, -0.05) is 35.4 Å². The Morgan fingerprint density at radius 2 is 1.77 bits per heavy atom. The van der Waals surface area contributed by atoms with Gasteiger partial charge in [0.15, 0.2) is 12.4 Å². The first-order valence-corrected chi connectivity index (χ1v) is 7.48. The number of hydrogen-bond acceptors (Lipinski definition) is 4. The first kappa shape index (κ1) is 18.7. The number of allylic oxidation sites excluding steroid dienone is 2. The maximum Gasteiger partial charge on any atom is 0.273 e. The van der Waals surface area contributed by atoms with Gasteiger partial charge in [0.1, 0.15) is 0 Å². The van der Waals surface area contributed by atoms with Crippen LogP contribution in [0, 0.1) is 0 Å². The fraction of sp³-hybridized carbons (Fsp3) is 0.267. The van der Waals surface area contributed by atoms with Crippen LogP contribution in [0.25, 0.3) is 0 Å². The lowest BCUT2D eigenvalue weighted by Gasteiger charge is -2.18. The molecule has 7 heteroatoms. The van der Waals surface area contributed by atoms with E-state index in [1.54, 1.807) is 26.0 Å². The Morgan fingerprint density at radius 1 is 1.18 bits per heavy atom. The highest BCUT2D eigenvalue weighted by atomic mass is 35.5. The molecule has 0 saturated heterocycles. The number of rotatable bonds is 8. The Morgan fingerprint density at radius 3 is 2.27 bits per heavy atom. The van der Waals surface area contributed by atoms with Crippen molar-refractivity contribution in [2.24, 2.45) is 0 Å². The van der Waals surface area contributed by atoms with Crippen molar-refractivity contribution in [2.75, 3.05) is 6.61 Å². The molecule has 0 atom stereocenters. The smallest absolute Gasteiger partial charge is 0.273 e. The van der Waals surface area contributed by atoms with Gasteiger partial charge in [0.05, 0.1) is 28.1 Å². The third-order valence-corrected chi connectivity index (χ3v) is 3.23. The molecule has 0 amide bonds. The first-order valence-electron chi connectivity index (χ1n) is 6.35. The molecule has 0 spiro atoms. The van der Waals surface area contributed by atoms with Crippen LogP contribution in [0.3, 0.4) is 0 Å². The van der Waals surface area contributed by atoms with Crippen molar-refractivity contribution in [3.05, 3.63) is 52.4 Å². The number of carbonyl (C=O) groups is 1. The first-order chi connectivity index (χ1) is 10.5. The van der Waals surface area contributed by atoms with Crippen molar-refractivity contribution in [3.63, 3.8) is 0 Å². The van der Waals surface area contributed by atoms with Crippen LogP contribution in [0.4, 0.5) is 0 Å². The number of ether oxygens (including phenoxy) is 3. The molecule has 0 aliphatic heterocycles. The van der Waals surface area contributed by atoms with Crippen LogP contribution in [-0.4, -0.2) is 18.1 Å². The van der Waals surface area contributed by atoms with Crippen molar-refractivity contribution in [1.29, 1.82) is 0 Å². The van der Waals surface area contributed by atoms with Gasteiger partial charge in [0, 0.05) is 0 Å². The van der Waals surface area contributed by atoms with Crippen molar-refractivity contribution < 1.29 is 19.0 Å². The van der Waals surface area contributed by atoms with E-state index < -0.39 is 11.5 Å². The van der Waals surface area contributed by atoms with E-state index in [0.717, 1.165) is 0 Å². The van der Waals surface area contributed by atoms with Crippen LogP contribution in [0.15, 0.2) is 36.8 Å². The molecular weight excluding hydrogens is 351 g/mol. The van der Waals surface area contributed by atoms with Gasteiger partial charge in [-0.3, -0.25) is 4.79 Å². The van der Waals surface area contributed by atoms with Crippen molar-refractivity contribution >= 4 is 40.0 Å². The van der Waals surface area contributed by atoms with Gasteiger partial charge in [0.25, 0.3) is 11.5 Å². The molecule has 1 rings (SSSR count). The molecule has 1 aromatic carbocycles. The Balaban J connectivity index is 2.88. The molecule has 0 radical (unpaired) electrons. The molecule has 1 aromatic rings. The zero-order chi connectivity index (χ0) is 16.5. The van der Waals surface area contributed by atoms with Crippen LogP contribution < -0.4 is 4.74 Å². The Bertz CT molecular complexity index is 556. The second kappa shape index (κ2) is 9.62. The average molecular weight is 366 g/mol. The monoisotopic (exact) mass is 364 g/mol. The summed E-state index contributed by atoms with van der Waals surface area (Å²) in [6.45, 7) is 3.61. The predicted molar refractivity (Wildman–Crippen MR) is 87.7 cm³/mol. The molecule has 0 aliphatic carbocycles. The highest BCUT2D eigenvalue weighted by Crippen LogP contribution is 2.36. The van der Waals surface area contributed by atoms with Crippen molar-refractivity contribution in [1.82, 2.24) is 0 Å². The van der Waals surface area contributed by atoms with Gasteiger partial charge in [-0.25, -0.2) is 0 Å². The Labute approximate surface area is 144 Å². The maximum atomic E-state index is 11.3. The number of halogens is 3. The van der Waals surface area contributed by atoms with Gasteiger partial charge in [-0.15, -0.1) is 0 Å². The van der Waals surface area contributed by atoms with Crippen molar-refractivity contribution in [2.45, 2.75) is 20.1 Å². The molecule has 0 fully saturated rings. The highest BCUT2D eigenvalue weighted by Gasteiger charge is 2.18. The molecule has 0 bridgehead atoms. The summed E-state index contributed by atoms with van der Waals surface area (Å²) >= 11 is 17.5. The van der Waals surface area contributed by atoms with E-state index in [0.29, 0.717) is 0 Å². The summed E-state index contributed by atoms with van der Waals surface area (Å²) in [4.78, 5) is 11.3. The van der Waals surface area contributed by atoms with E-state index in [9.17, 15) is 4.79 Å². The Hall–Kier alpha value is -1.36. The predicted octanol–water partition coefficient (Wildman–Crippen LogP) is 5.18. The van der Waals surface area contributed by atoms with E-state index in [1.807, 2.05) is 0 Å². The average Bonchev–Trinajstić information content (AvgIpc) is 2.48. The largest absolute Gasteiger partial charge is 0.483 e. The molecule has 120 valence electrons. The van der Waals surface area contributed by atoms with Crippen LogP contribution in [0.1, 0.15) is 24.2 Å². The van der Waals surface area contributed by atoms with E-state index in [2.05, 4.69) is 0 Å². The van der Waals surface area contributed by atoms with E-state index in [-0.39, 0.29) is 28.0 Å². The molecule has 0 N–H and O–H groups in total. The van der Waals surface area contributed by atoms with Crippen LogP contribution in [-0.2, 0) is 9.47 Å². The van der Waals surface area contributed by atoms with Crippen molar-refractivity contribution in [3.8, 4) is 5.75 Å². The topological polar surface area (TPSA) is 44.8 Å². The summed E-state index contributed by atoms with van der Waals surface area (Å²) < 4.78 is 16.2. The minimum atomic E-state index is -0.699. The lowest BCUT2D eigenvalue weighted by molar-refractivity contribution is -0.0856. The summed E-state index contributed by atoms with van der Waals surface area (Å²) in [5.41, 5.74) is 0.114. The maximum absolute atomic E-state index is 11.3. The second-order valence-electron chi connectivity index (χ2n) is 3.96. The summed E-state index contributed by atoms with van der Waals surface area (Å²) in [6, 6.07) is 2.91. The number of carbonyl (C=O) groups excluding carboxylic acids is 1. The summed E-state index contributed by atoms with van der Waals surface area (Å²) in [7, 11) is 0. The lowest BCUT2D eigenvalue weighted by Crippen LogP contribution is -2.21. The zero-order valence-corrected chi connectivity index (χ0v) is 14.3. The van der Waals surface area contributed by atoms with Crippen LogP contribution >= 0.6 is 34.8 Å². The van der Waals surface area contributed by atoms with Gasteiger partial charge in [0.2, 0.25) is 0 Å². The zero-order valence-electron chi connectivity index (χ0n) is 12.0. The highest BCUT2D eigenvalue weighted by molar-refractivity contribution is 6.69. The standard InChI is InChI=1S/C15H15Cl3O4/c1-3-7-20-12(21-8-4-2)9-22-14-11(16)6-5-10(13(14)17)15(18)19/h3-8,12H,9H2,1-2H3. The Kier molecular flexibility index (Phi) is 8.17. The molecule has 4 nitrogen and oxygen atoms in total. The van der Waals surface area contributed by atoms with E-state index in [4.69, 9.17) is 49.0 Å². The van der Waals surface area contributed by atoms with Gasteiger partial charge < -0.3 is 14.2 Å². The molecule has 0 saturated carbocycles.